The summed E-state index contributed by atoms with van der Waals surface area (Å²) in [6, 6.07) is 17.1. The first-order valence-electron chi connectivity index (χ1n) is 11.4. The summed E-state index contributed by atoms with van der Waals surface area (Å²) in [5.41, 5.74) is 6.87. The molecule has 0 radical (unpaired) electrons. The maximum atomic E-state index is 5.32. The fourth-order valence-corrected chi connectivity index (χ4v) is 3.91. The molecule has 0 aliphatic rings. The number of benzene rings is 2. The molecule has 176 valence electrons. The molecule has 0 saturated heterocycles. The van der Waals surface area contributed by atoms with E-state index in [1.165, 1.54) is 11.9 Å². The van der Waals surface area contributed by atoms with Crippen LogP contribution in [-0.4, -0.2) is 50.1 Å². The highest BCUT2D eigenvalue weighted by Crippen LogP contribution is 2.23. The molecule has 2 heterocycles. The molecule has 34 heavy (non-hydrogen) atoms. The molecule has 0 aliphatic heterocycles. The zero-order valence-corrected chi connectivity index (χ0v) is 20.3. The topological polar surface area (TPSA) is 80.5 Å². The summed E-state index contributed by atoms with van der Waals surface area (Å²) in [6.07, 6.45) is 5.02. The normalized spacial score (nSPS) is 11.9. The van der Waals surface area contributed by atoms with E-state index in [0.717, 1.165) is 28.9 Å². The van der Waals surface area contributed by atoms with Gasteiger partial charge in [-0.2, -0.15) is 10.2 Å². The van der Waals surface area contributed by atoms with Crippen molar-refractivity contribution in [1.82, 2.24) is 24.6 Å². The molecule has 2 aromatic carbocycles. The third-order valence-electron chi connectivity index (χ3n) is 5.72. The quantitative estimate of drug-likeness (QED) is 0.285. The van der Waals surface area contributed by atoms with Crippen LogP contribution >= 0.6 is 0 Å². The molecule has 0 spiro atoms. The Labute approximate surface area is 200 Å². The van der Waals surface area contributed by atoms with Gasteiger partial charge in [-0.3, -0.25) is 10.3 Å². The third-order valence-corrected chi connectivity index (χ3v) is 5.72. The Morgan fingerprint density at radius 3 is 2.53 bits per heavy atom. The van der Waals surface area contributed by atoms with E-state index in [9.17, 15) is 0 Å². The highest BCUT2D eigenvalue weighted by Gasteiger charge is 2.14. The highest BCUT2D eigenvalue weighted by molar-refractivity contribution is 5.88. The van der Waals surface area contributed by atoms with Crippen molar-refractivity contribution in [2.24, 2.45) is 5.10 Å². The van der Waals surface area contributed by atoms with E-state index in [1.807, 2.05) is 24.3 Å². The second kappa shape index (κ2) is 10.4. The molecule has 4 aromatic rings. The molecule has 0 bridgehead atoms. The number of hydrazone groups is 1. The van der Waals surface area contributed by atoms with Gasteiger partial charge < -0.3 is 4.74 Å². The fraction of sp³-hybridized carbons (Fsp3) is 0.308. The molecule has 4 rings (SSSR count). The molecule has 0 aliphatic carbocycles. The number of hydrogen-bond donors (Lipinski definition) is 1. The Balaban J connectivity index is 1.47. The van der Waals surface area contributed by atoms with E-state index in [-0.39, 0.29) is 0 Å². The van der Waals surface area contributed by atoms with Crippen LogP contribution in [0.15, 0.2) is 66.2 Å². The zero-order valence-electron chi connectivity index (χ0n) is 20.3. The smallest absolute Gasteiger partial charge is 0.168 e. The molecule has 0 saturated carbocycles. The van der Waals surface area contributed by atoms with Crippen molar-refractivity contribution < 1.29 is 4.74 Å². The van der Waals surface area contributed by atoms with Gasteiger partial charge in [0.05, 0.1) is 30.6 Å². The van der Waals surface area contributed by atoms with Gasteiger partial charge in [-0.05, 0) is 51.0 Å². The molecule has 0 unspecified atom stereocenters. The van der Waals surface area contributed by atoms with Crippen LogP contribution in [0.5, 0.6) is 5.75 Å². The van der Waals surface area contributed by atoms with Crippen LogP contribution in [0.3, 0.4) is 0 Å². The number of fused-ring (bicyclic) bond motifs is 1. The number of nitrogens with one attached hydrogen (secondary N) is 1. The molecule has 2 aromatic heterocycles. The minimum absolute atomic E-state index is 0.503. The van der Waals surface area contributed by atoms with Crippen molar-refractivity contribution in [3.05, 3.63) is 72.2 Å². The number of methoxy groups -OCH3 is 1. The number of nitrogens with zero attached hydrogens (tertiary/aromatic N) is 6. The lowest BCUT2D eigenvalue weighted by atomic mass is 10.1. The van der Waals surface area contributed by atoms with Crippen molar-refractivity contribution >= 4 is 23.1 Å². The fourth-order valence-electron chi connectivity index (χ4n) is 3.91. The van der Waals surface area contributed by atoms with Gasteiger partial charge in [-0.1, -0.05) is 30.3 Å². The molecule has 1 N–H and O–H groups in total. The molecular weight excluding hydrogens is 426 g/mol. The lowest BCUT2D eigenvalue weighted by Gasteiger charge is -2.30. The van der Waals surface area contributed by atoms with Crippen LogP contribution in [0.25, 0.3) is 16.7 Å². The van der Waals surface area contributed by atoms with Crippen molar-refractivity contribution in [2.45, 2.75) is 46.3 Å². The van der Waals surface area contributed by atoms with Crippen LogP contribution in [0.4, 0.5) is 5.82 Å². The first-order chi connectivity index (χ1) is 16.5. The minimum atomic E-state index is 0.503. The Bertz CT molecular complexity index is 1250. The maximum Gasteiger partial charge on any atom is 0.168 e. The minimum Gasteiger partial charge on any atom is -0.497 e. The lowest BCUT2D eigenvalue weighted by Crippen LogP contribution is -2.36. The van der Waals surface area contributed by atoms with Gasteiger partial charge in [0.1, 0.15) is 12.1 Å². The maximum absolute atomic E-state index is 5.32. The monoisotopic (exact) mass is 457 g/mol. The van der Waals surface area contributed by atoms with Crippen LogP contribution in [0, 0.1) is 0 Å². The zero-order chi connectivity index (χ0) is 24.1. The number of ether oxygens (including phenoxy) is 1. The number of hydrogen-bond acceptors (Lipinski definition) is 7. The summed E-state index contributed by atoms with van der Waals surface area (Å²) in [6.45, 7) is 9.87. The van der Waals surface area contributed by atoms with Crippen LogP contribution in [0.2, 0.25) is 0 Å². The highest BCUT2D eigenvalue weighted by atomic mass is 16.5. The first-order valence-corrected chi connectivity index (χ1v) is 11.4. The Morgan fingerprint density at radius 1 is 1.06 bits per heavy atom. The number of aromatic nitrogens is 4. The van der Waals surface area contributed by atoms with Crippen molar-refractivity contribution in [3.63, 3.8) is 0 Å². The molecule has 8 nitrogen and oxygen atoms in total. The number of anilines is 1. The second-order valence-electron chi connectivity index (χ2n) is 8.69. The van der Waals surface area contributed by atoms with Gasteiger partial charge in [0.15, 0.2) is 11.5 Å². The summed E-state index contributed by atoms with van der Waals surface area (Å²) >= 11 is 0. The van der Waals surface area contributed by atoms with Gasteiger partial charge in [0.25, 0.3) is 0 Å². The number of rotatable bonds is 9. The first kappa shape index (κ1) is 23.4. The molecule has 0 fully saturated rings. The Morgan fingerprint density at radius 2 is 1.82 bits per heavy atom. The standard InChI is InChI=1S/C26H31N7O/c1-18(2)32(19(3)4)16-21-11-9-20(10-12-21)14-29-31-25-24-15-30-33(26(24)28-17-27-25)22-7-6-8-23(13-22)34-5/h6-15,17-19H,16H2,1-5H3,(H,27,28,31)/b29-14+. The van der Waals surface area contributed by atoms with Gasteiger partial charge in [-0.25, -0.2) is 14.6 Å². The summed E-state index contributed by atoms with van der Waals surface area (Å²) in [7, 11) is 1.64. The van der Waals surface area contributed by atoms with E-state index in [2.05, 4.69) is 82.5 Å². The molecule has 8 heteroatoms. The predicted molar refractivity (Wildman–Crippen MR) is 137 cm³/mol. The van der Waals surface area contributed by atoms with Gasteiger partial charge in [0.2, 0.25) is 0 Å². The third kappa shape index (κ3) is 5.23. The Kier molecular flexibility index (Phi) is 7.18. The summed E-state index contributed by atoms with van der Waals surface area (Å²) in [4.78, 5) is 11.2. The van der Waals surface area contributed by atoms with Gasteiger partial charge in [-0.15, -0.1) is 0 Å². The average Bonchev–Trinajstić information content (AvgIpc) is 3.28. The van der Waals surface area contributed by atoms with Crippen LogP contribution < -0.4 is 10.2 Å². The summed E-state index contributed by atoms with van der Waals surface area (Å²) in [5.74, 6) is 1.35. The summed E-state index contributed by atoms with van der Waals surface area (Å²) in [5, 5.41) is 9.65. The predicted octanol–water partition coefficient (Wildman–Crippen LogP) is 4.89. The summed E-state index contributed by atoms with van der Waals surface area (Å²) < 4.78 is 7.08. The molecular formula is C26H31N7O. The van der Waals surface area contributed by atoms with E-state index < -0.39 is 0 Å². The van der Waals surface area contributed by atoms with Crippen LogP contribution in [-0.2, 0) is 6.54 Å². The van der Waals surface area contributed by atoms with Crippen molar-refractivity contribution in [2.75, 3.05) is 12.5 Å². The SMILES string of the molecule is COc1cccc(-n2ncc3c(N/N=C/c4ccc(CN(C(C)C)C(C)C)cc4)ncnc32)c1. The Hall–Kier alpha value is -3.78. The molecule has 0 amide bonds. The van der Waals surface area contributed by atoms with Crippen molar-refractivity contribution in [1.29, 1.82) is 0 Å². The van der Waals surface area contributed by atoms with E-state index >= 15 is 0 Å². The van der Waals surface area contributed by atoms with E-state index in [4.69, 9.17) is 4.74 Å². The van der Waals surface area contributed by atoms with E-state index in [0.29, 0.717) is 23.5 Å². The second-order valence-corrected chi connectivity index (χ2v) is 8.69. The molecule has 0 atom stereocenters. The lowest BCUT2D eigenvalue weighted by molar-refractivity contribution is 0.166. The van der Waals surface area contributed by atoms with Crippen LogP contribution in [0.1, 0.15) is 38.8 Å². The van der Waals surface area contributed by atoms with Gasteiger partial charge in [0, 0.05) is 24.7 Å². The van der Waals surface area contributed by atoms with E-state index in [1.54, 1.807) is 24.2 Å². The van der Waals surface area contributed by atoms with Gasteiger partial charge >= 0.3 is 0 Å². The largest absolute Gasteiger partial charge is 0.497 e. The average molecular weight is 458 g/mol. The van der Waals surface area contributed by atoms with Crippen molar-refractivity contribution in [3.8, 4) is 11.4 Å².